The first-order chi connectivity index (χ1) is 10.1. The molecule has 0 radical (unpaired) electrons. The van der Waals surface area contributed by atoms with Crippen molar-refractivity contribution in [2.75, 3.05) is 5.32 Å². The molecule has 3 aliphatic rings. The molecule has 0 unspecified atom stereocenters. The lowest BCUT2D eigenvalue weighted by atomic mass is 9.79. The van der Waals surface area contributed by atoms with Crippen LogP contribution in [0, 0.1) is 23.7 Å². The number of rotatable bonds is 2. The van der Waals surface area contributed by atoms with Gasteiger partial charge in [-0.25, -0.2) is 0 Å². The molecule has 2 aliphatic carbocycles. The molecular formula is C15H14BrNO4. The number of phenols is 1. The van der Waals surface area contributed by atoms with Crippen molar-refractivity contribution >= 4 is 33.5 Å². The maximum atomic E-state index is 12.6. The van der Waals surface area contributed by atoms with Crippen LogP contribution in [-0.4, -0.2) is 27.9 Å². The van der Waals surface area contributed by atoms with Crippen LogP contribution < -0.4 is 5.32 Å². The van der Waals surface area contributed by atoms with Gasteiger partial charge in [0.15, 0.2) is 0 Å². The molecule has 2 saturated carbocycles. The Balaban J connectivity index is 1.59. The highest BCUT2D eigenvalue weighted by molar-refractivity contribution is 9.09. The molecule has 6 atom stereocenters. The third-order valence-corrected chi connectivity index (χ3v) is 6.14. The van der Waals surface area contributed by atoms with Gasteiger partial charge in [0.05, 0.1) is 16.7 Å². The smallest absolute Gasteiger partial charge is 0.310 e. The summed E-state index contributed by atoms with van der Waals surface area (Å²) >= 11 is 3.58. The summed E-state index contributed by atoms with van der Waals surface area (Å²) in [5.41, 5.74) is 0.539. The Kier molecular flexibility index (Phi) is 2.79. The number of hydrogen-bond donors (Lipinski definition) is 2. The van der Waals surface area contributed by atoms with Crippen LogP contribution in [0.3, 0.4) is 0 Å². The number of benzene rings is 1. The Morgan fingerprint density at radius 2 is 2.19 bits per heavy atom. The fourth-order valence-corrected chi connectivity index (χ4v) is 5.18. The zero-order valence-corrected chi connectivity index (χ0v) is 12.6. The number of amides is 1. The average Bonchev–Trinajstić information content (AvgIpc) is 3.02. The largest absolute Gasteiger partial charge is 0.508 e. The molecule has 5 nitrogen and oxygen atoms in total. The Labute approximate surface area is 129 Å². The number of ether oxygens (including phenoxy) is 1. The lowest BCUT2D eigenvalue weighted by Crippen LogP contribution is -2.40. The second kappa shape index (κ2) is 4.47. The highest BCUT2D eigenvalue weighted by Crippen LogP contribution is 2.60. The molecular weight excluding hydrogens is 338 g/mol. The van der Waals surface area contributed by atoms with E-state index in [1.807, 2.05) is 0 Å². The zero-order chi connectivity index (χ0) is 14.7. The molecule has 1 heterocycles. The minimum atomic E-state index is -0.354. The number of halogens is 1. The summed E-state index contributed by atoms with van der Waals surface area (Å²) < 4.78 is 5.40. The summed E-state index contributed by atoms with van der Waals surface area (Å²) in [5, 5.41) is 12.3. The number of aromatic hydroxyl groups is 1. The molecule has 1 amide bonds. The fourth-order valence-electron chi connectivity index (χ4n) is 4.14. The van der Waals surface area contributed by atoms with Crippen molar-refractivity contribution < 1.29 is 19.4 Å². The molecule has 110 valence electrons. The van der Waals surface area contributed by atoms with E-state index in [9.17, 15) is 14.7 Å². The molecule has 2 N–H and O–H groups in total. The fraction of sp³-hybridized carbons (Fsp3) is 0.467. The minimum absolute atomic E-state index is 0.0603. The number of hydrogen-bond acceptors (Lipinski definition) is 4. The molecule has 21 heavy (non-hydrogen) atoms. The molecule has 0 spiro atoms. The normalized spacial score (nSPS) is 39.4. The van der Waals surface area contributed by atoms with E-state index in [1.165, 1.54) is 6.07 Å². The summed E-state index contributed by atoms with van der Waals surface area (Å²) in [6, 6.07) is 6.41. The number of alkyl halides is 1. The second-order valence-electron chi connectivity index (χ2n) is 6.00. The number of carbonyl (C=O) groups excluding carboxylic acids is 2. The molecule has 6 heteroatoms. The number of nitrogens with one attached hydrogen (secondary N) is 1. The zero-order valence-electron chi connectivity index (χ0n) is 11.0. The molecule has 1 aliphatic heterocycles. The van der Waals surface area contributed by atoms with Gasteiger partial charge in [-0.3, -0.25) is 9.59 Å². The first-order valence-corrected chi connectivity index (χ1v) is 7.92. The molecule has 2 bridgehead atoms. The highest BCUT2D eigenvalue weighted by atomic mass is 79.9. The summed E-state index contributed by atoms with van der Waals surface area (Å²) in [6.07, 6.45) is 0.784. The summed E-state index contributed by atoms with van der Waals surface area (Å²) in [5.74, 6) is -0.690. The van der Waals surface area contributed by atoms with E-state index < -0.39 is 0 Å². The Hall–Kier alpha value is -1.56. The highest BCUT2D eigenvalue weighted by Gasteiger charge is 2.67. The second-order valence-corrected chi connectivity index (χ2v) is 7.06. The van der Waals surface area contributed by atoms with E-state index in [4.69, 9.17) is 4.74 Å². The molecule has 1 aromatic rings. The topological polar surface area (TPSA) is 75.6 Å². The molecule has 0 aromatic heterocycles. The van der Waals surface area contributed by atoms with Gasteiger partial charge in [0.1, 0.15) is 11.9 Å². The van der Waals surface area contributed by atoms with Gasteiger partial charge in [0.2, 0.25) is 5.91 Å². The number of esters is 1. The monoisotopic (exact) mass is 351 g/mol. The average molecular weight is 352 g/mol. The number of phenolic OH excluding ortho intramolecular Hbond substituents is 1. The van der Waals surface area contributed by atoms with Crippen LogP contribution >= 0.6 is 15.9 Å². The van der Waals surface area contributed by atoms with Crippen molar-refractivity contribution in [3.8, 4) is 5.75 Å². The summed E-state index contributed by atoms with van der Waals surface area (Å²) in [4.78, 5) is 24.6. The third-order valence-electron chi connectivity index (χ3n) is 4.94. The first kappa shape index (κ1) is 13.1. The van der Waals surface area contributed by atoms with Gasteiger partial charge in [-0.05, 0) is 24.5 Å². The van der Waals surface area contributed by atoms with Crippen LogP contribution in [0.5, 0.6) is 5.75 Å². The standard InChI is InChI=1S/C15H14BrNO4/c16-12-8-5-9-11(15(20)21-13(9)12)10(8)14(19)17-6-2-1-3-7(18)4-6/h1-4,8-13,18H,5H2,(H,17,19)/t8-,9-,10-,11+,12-,13+/m1/s1. The van der Waals surface area contributed by atoms with Gasteiger partial charge >= 0.3 is 5.97 Å². The van der Waals surface area contributed by atoms with Crippen molar-refractivity contribution in [3.05, 3.63) is 24.3 Å². The van der Waals surface area contributed by atoms with Crippen LogP contribution in [0.4, 0.5) is 5.69 Å². The summed E-state index contributed by atoms with van der Waals surface area (Å²) in [6.45, 7) is 0. The van der Waals surface area contributed by atoms with Crippen LogP contribution in [0.2, 0.25) is 0 Å². The van der Waals surface area contributed by atoms with Gasteiger partial charge in [-0.15, -0.1) is 0 Å². The van der Waals surface area contributed by atoms with E-state index in [0.717, 1.165) is 6.42 Å². The SMILES string of the molecule is O=C(Nc1cccc(O)c1)[C@@H]1[C@H]2C[C@H]3[C@H](OC(=O)[C@@H]31)[C@@H]2Br. The van der Waals surface area contributed by atoms with Crippen molar-refractivity contribution in [2.45, 2.75) is 17.4 Å². The lowest BCUT2D eigenvalue weighted by molar-refractivity contribution is -0.145. The quantitative estimate of drug-likeness (QED) is 0.630. The van der Waals surface area contributed by atoms with Crippen LogP contribution in [-0.2, 0) is 14.3 Å². The maximum Gasteiger partial charge on any atom is 0.310 e. The van der Waals surface area contributed by atoms with Crippen LogP contribution in [0.15, 0.2) is 24.3 Å². The number of carbonyl (C=O) groups is 2. The van der Waals surface area contributed by atoms with Crippen molar-refractivity contribution in [1.82, 2.24) is 0 Å². The van der Waals surface area contributed by atoms with Crippen molar-refractivity contribution in [2.24, 2.45) is 23.7 Å². The van der Waals surface area contributed by atoms with Crippen LogP contribution in [0.25, 0.3) is 0 Å². The van der Waals surface area contributed by atoms with Crippen molar-refractivity contribution in [3.63, 3.8) is 0 Å². The van der Waals surface area contributed by atoms with Crippen LogP contribution in [0.1, 0.15) is 6.42 Å². The number of anilines is 1. The third kappa shape index (κ3) is 1.81. The minimum Gasteiger partial charge on any atom is -0.508 e. The Bertz CT molecular complexity index is 634. The van der Waals surface area contributed by atoms with Gasteiger partial charge in [-0.1, -0.05) is 22.0 Å². The maximum absolute atomic E-state index is 12.6. The van der Waals surface area contributed by atoms with E-state index in [-0.39, 0.29) is 52.2 Å². The Morgan fingerprint density at radius 1 is 1.38 bits per heavy atom. The van der Waals surface area contributed by atoms with Crippen molar-refractivity contribution in [1.29, 1.82) is 0 Å². The van der Waals surface area contributed by atoms with Gasteiger partial charge in [0, 0.05) is 17.7 Å². The summed E-state index contributed by atoms with van der Waals surface area (Å²) in [7, 11) is 0. The van der Waals surface area contributed by atoms with E-state index in [1.54, 1.807) is 18.2 Å². The molecule has 1 saturated heterocycles. The van der Waals surface area contributed by atoms with Gasteiger partial charge < -0.3 is 15.2 Å². The van der Waals surface area contributed by atoms with Gasteiger partial charge in [-0.2, -0.15) is 0 Å². The molecule has 3 fully saturated rings. The predicted molar refractivity (Wildman–Crippen MR) is 77.9 cm³/mol. The predicted octanol–water partition coefficient (Wildman–Crippen LogP) is 1.90. The van der Waals surface area contributed by atoms with E-state index in [2.05, 4.69) is 21.2 Å². The number of fused-ring (bicyclic) bond motifs is 1. The Morgan fingerprint density at radius 3 is 2.95 bits per heavy atom. The van der Waals surface area contributed by atoms with E-state index in [0.29, 0.717) is 5.69 Å². The molecule has 1 aromatic carbocycles. The molecule has 4 rings (SSSR count). The van der Waals surface area contributed by atoms with E-state index >= 15 is 0 Å². The lowest BCUT2D eigenvalue weighted by Gasteiger charge is -2.27. The van der Waals surface area contributed by atoms with Gasteiger partial charge in [0.25, 0.3) is 0 Å². The first-order valence-electron chi connectivity index (χ1n) is 7.01.